The molecule has 0 radical (unpaired) electrons. The van der Waals surface area contributed by atoms with Crippen LogP contribution in [0.25, 0.3) is 21.9 Å². The van der Waals surface area contributed by atoms with E-state index in [1.165, 1.54) is 10.9 Å². The third kappa shape index (κ3) is 7.01. The van der Waals surface area contributed by atoms with Gasteiger partial charge in [-0.25, -0.2) is 0 Å². The fourth-order valence-electron chi connectivity index (χ4n) is 4.68. The highest BCUT2D eigenvalue weighted by Crippen LogP contribution is 2.26. The summed E-state index contributed by atoms with van der Waals surface area (Å²) in [5.41, 5.74) is 9.67. The summed E-state index contributed by atoms with van der Waals surface area (Å²) in [4.78, 5) is 29.6. The van der Waals surface area contributed by atoms with Gasteiger partial charge < -0.3 is 25.1 Å². The van der Waals surface area contributed by atoms with Gasteiger partial charge in [-0.3, -0.25) is 14.5 Å². The third-order valence-electron chi connectivity index (χ3n) is 7.19. The maximum absolute atomic E-state index is 11.4. The molecule has 4 aromatic rings. The molecule has 1 aliphatic heterocycles. The van der Waals surface area contributed by atoms with Gasteiger partial charge >= 0.3 is 5.97 Å². The smallest absolute Gasteiger partial charge is 0.308 e. The minimum atomic E-state index is -0.757. The van der Waals surface area contributed by atoms with Crippen LogP contribution in [0.5, 0.6) is 0 Å². The molecule has 2 aromatic carbocycles. The van der Waals surface area contributed by atoms with Gasteiger partial charge in [0.15, 0.2) is 5.76 Å². The number of aromatic nitrogens is 1. The Morgan fingerprint density at radius 2 is 1.80 bits per heavy atom. The number of nitrogens with two attached hydrogens (primary N) is 1. The molecule has 0 aliphatic carbocycles. The Labute approximate surface area is 234 Å². The quantitative estimate of drug-likeness (QED) is 0.274. The maximum Gasteiger partial charge on any atom is 0.308 e. The van der Waals surface area contributed by atoms with E-state index in [1.807, 2.05) is 30.3 Å². The number of furan rings is 1. The number of piperazine rings is 1. The van der Waals surface area contributed by atoms with Crippen molar-refractivity contribution in [2.45, 2.75) is 40.0 Å². The number of nitriles is 1. The lowest BCUT2D eigenvalue weighted by atomic mass is 9.98. The predicted octanol–water partition coefficient (Wildman–Crippen LogP) is 5.15. The van der Waals surface area contributed by atoms with Gasteiger partial charge in [0.05, 0.1) is 17.0 Å². The molecule has 0 bridgehead atoms. The average Bonchev–Trinajstić information content (AvgIpc) is 3.55. The number of aryl methyl sites for hydroxylation is 1. The molecule has 0 atom stereocenters. The van der Waals surface area contributed by atoms with E-state index < -0.39 is 17.3 Å². The van der Waals surface area contributed by atoms with Crippen LogP contribution in [0.15, 0.2) is 53.1 Å². The summed E-state index contributed by atoms with van der Waals surface area (Å²) in [6.07, 6.45) is 5.38. The van der Waals surface area contributed by atoms with Crippen molar-refractivity contribution in [3.8, 4) is 6.07 Å². The standard InChI is InChI=1S/C26H27N5O2.C5H10O2/c27-16-18-4-6-23-22(13-18)19(17-29-23)3-1-2-8-30-9-11-31(12-10-30)21-5-7-24-20(14-21)15-25(33-24)26(28)32;1-5(2,3)4(6)7/h4-7,13-15,17,29H,1-3,8-12H2,(H2,28,32);1-3H3,(H,6,7). The summed E-state index contributed by atoms with van der Waals surface area (Å²) in [5.74, 6) is -1.10. The molecular weight excluding hydrogens is 506 g/mol. The molecule has 9 heteroatoms. The molecule has 1 amide bonds. The van der Waals surface area contributed by atoms with Crippen molar-refractivity contribution in [2.75, 3.05) is 37.6 Å². The molecule has 0 spiro atoms. The Hall–Kier alpha value is -4.29. The number of carbonyl (C=O) groups is 2. The summed E-state index contributed by atoms with van der Waals surface area (Å²) in [5, 5.41) is 19.5. The monoisotopic (exact) mass is 543 g/mol. The van der Waals surface area contributed by atoms with Crippen LogP contribution in [0.3, 0.4) is 0 Å². The van der Waals surface area contributed by atoms with E-state index in [1.54, 1.807) is 26.8 Å². The first-order valence-electron chi connectivity index (χ1n) is 13.6. The van der Waals surface area contributed by atoms with Crippen LogP contribution in [-0.4, -0.2) is 59.6 Å². The first-order valence-corrected chi connectivity index (χ1v) is 13.6. The number of unbranched alkanes of at least 4 members (excludes halogenated alkanes) is 1. The number of anilines is 1. The van der Waals surface area contributed by atoms with Crippen molar-refractivity contribution in [3.05, 3.63) is 65.5 Å². The van der Waals surface area contributed by atoms with Crippen molar-refractivity contribution in [1.82, 2.24) is 9.88 Å². The zero-order valence-electron chi connectivity index (χ0n) is 23.4. The zero-order valence-corrected chi connectivity index (χ0v) is 23.4. The molecule has 210 valence electrons. The lowest BCUT2D eigenvalue weighted by molar-refractivity contribution is -0.145. The second kappa shape index (κ2) is 12.3. The van der Waals surface area contributed by atoms with E-state index in [-0.39, 0.29) is 5.76 Å². The molecule has 9 nitrogen and oxygen atoms in total. The minimum absolute atomic E-state index is 0.199. The summed E-state index contributed by atoms with van der Waals surface area (Å²) in [7, 11) is 0. The van der Waals surface area contributed by atoms with Crippen molar-refractivity contribution in [2.24, 2.45) is 11.1 Å². The second-order valence-electron chi connectivity index (χ2n) is 11.2. The van der Waals surface area contributed by atoms with Gasteiger partial charge in [0.2, 0.25) is 0 Å². The van der Waals surface area contributed by atoms with Gasteiger partial charge in [0.25, 0.3) is 5.91 Å². The van der Waals surface area contributed by atoms with Crippen molar-refractivity contribution < 1.29 is 19.1 Å². The number of carboxylic acids is 1. The SMILES string of the molecule is CC(C)(C)C(=O)O.N#Cc1ccc2[nH]cc(CCCCN3CCN(c4ccc5oc(C(N)=O)cc5c4)CC3)c2c1. The largest absolute Gasteiger partial charge is 0.481 e. The van der Waals surface area contributed by atoms with E-state index in [0.29, 0.717) is 11.1 Å². The Kier molecular flexibility index (Phi) is 8.80. The lowest BCUT2D eigenvalue weighted by Gasteiger charge is -2.36. The van der Waals surface area contributed by atoms with Crippen LogP contribution < -0.4 is 10.6 Å². The van der Waals surface area contributed by atoms with Crippen LogP contribution in [-0.2, 0) is 11.2 Å². The van der Waals surface area contributed by atoms with Crippen molar-refractivity contribution in [3.63, 3.8) is 0 Å². The molecule has 4 N–H and O–H groups in total. The molecule has 3 heterocycles. The molecule has 1 saturated heterocycles. The van der Waals surface area contributed by atoms with Gasteiger partial charge in [-0.2, -0.15) is 5.26 Å². The number of hydrogen-bond acceptors (Lipinski definition) is 6. The predicted molar refractivity (Wildman–Crippen MR) is 156 cm³/mol. The molecule has 1 aliphatic rings. The van der Waals surface area contributed by atoms with Crippen LogP contribution in [0.4, 0.5) is 5.69 Å². The Morgan fingerprint density at radius 3 is 2.45 bits per heavy atom. The van der Waals surface area contributed by atoms with Crippen LogP contribution in [0, 0.1) is 16.7 Å². The lowest BCUT2D eigenvalue weighted by Crippen LogP contribution is -2.46. The number of carboxylic acid groups (broad SMARTS) is 1. The Bertz CT molecular complexity index is 1530. The second-order valence-corrected chi connectivity index (χ2v) is 11.2. The fraction of sp³-hybridized carbons (Fsp3) is 0.387. The summed E-state index contributed by atoms with van der Waals surface area (Å²) in [6, 6.07) is 15.8. The van der Waals surface area contributed by atoms with Crippen LogP contribution >= 0.6 is 0 Å². The van der Waals surface area contributed by atoms with E-state index in [4.69, 9.17) is 20.5 Å². The highest BCUT2D eigenvalue weighted by Gasteiger charge is 2.19. The Morgan fingerprint density at radius 1 is 1.07 bits per heavy atom. The number of fused-ring (bicyclic) bond motifs is 2. The highest BCUT2D eigenvalue weighted by atomic mass is 16.4. The van der Waals surface area contributed by atoms with Gasteiger partial charge in [-0.1, -0.05) is 0 Å². The van der Waals surface area contributed by atoms with E-state index >= 15 is 0 Å². The number of aliphatic carboxylic acids is 1. The van der Waals surface area contributed by atoms with E-state index in [0.717, 1.165) is 68.6 Å². The third-order valence-corrected chi connectivity index (χ3v) is 7.19. The average molecular weight is 544 g/mol. The molecular formula is C31H37N5O4. The number of aromatic amines is 1. The molecule has 5 rings (SSSR count). The van der Waals surface area contributed by atoms with Crippen molar-refractivity contribution >= 4 is 39.4 Å². The van der Waals surface area contributed by atoms with Gasteiger partial charge in [0.1, 0.15) is 5.58 Å². The van der Waals surface area contributed by atoms with Crippen LogP contribution in [0.1, 0.15) is 55.3 Å². The number of amides is 1. The topological polar surface area (TPSA) is 140 Å². The van der Waals surface area contributed by atoms with Gasteiger partial charge in [0, 0.05) is 54.4 Å². The number of benzene rings is 2. The van der Waals surface area contributed by atoms with E-state index in [2.05, 4.69) is 33.1 Å². The summed E-state index contributed by atoms with van der Waals surface area (Å²) >= 11 is 0. The zero-order chi connectivity index (χ0) is 28.9. The normalized spacial score (nSPS) is 14.1. The first-order chi connectivity index (χ1) is 19.0. The fourth-order valence-corrected chi connectivity index (χ4v) is 4.68. The summed E-state index contributed by atoms with van der Waals surface area (Å²) < 4.78 is 5.49. The molecule has 1 fully saturated rings. The van der Waals surface area contributed by atoms with Crippen molar-refractivity contribution in [1.29, 1.82) is 5.26 Å². The number of rotatable bonds is 7. The Balaban J connectivity index is 0.000000470. The number of primary amides is 1. The first kappa shape index (κ1) is 28.7. The van der Waals surface area contributed by atoms with E-state index in [9.17, 15) is 9.59 Å². The minimum Gasteiger partial charge on any atom is -0.481 e. The molecule has 40 heavy (non-hydrogen) atoms. The molecule has 0 unspecified atom stereocenters. The van der Waals surface area contributed by atoms with Gasteiger partial charge in [-0.15, -0.1) is 0 Å². The number of carbonyl (C=O) groups excluding carboxylic acids is 1. The maximum atomic E-state index is 11.4. The van der Waals surface area contributed by atoms with Crippen LogP contribution in [0.2, 0.25) is 0 Å². The molecule has 2 aromatic heterocycles. The van der Waals surface area contributed by atoms with Gasteiger partial charge in [-0.05, 0) is 94.6 Å². The summed E-state index contributed by atoms with van der Waals surface area (Å²) in [6.45, 7) is 10.1. The highest BCUT2D eigenvalue weighted by molar-refractivity contribution is 5.95. The number of nitrogens with zero attached hydrogens (tertiary/aromatic N) is 3. The number of nitrogens with one attached hydrogen (secondary N) is 1. The number of H-pyrrole nitrogens is 1. The number of hydrogen-bond donors (Lipinski definition) is 3. The molecule has 0 saturated carbocycles.